The van der Waals surface area contributed by atoms with Crippen molar-refractivity contribution in [2.24, 2.45) is 0 Å². The number of hydrogen-bond donors (Lipinski definition) is 1. The van der Waals surface area contributed by atoms with E-state index in [1.54, 1.807) is 66.7 Å². The Labute approximate surface area is 286 Å². The molecular weight excluding hydrogens is 646 g/mol. The molecule has 0 saturated heterocycles. The summed E-state index contributed by atoms with van der Waals surface area (Å²) in [4.78, 5) is 29.6. The summed E-state index contributed by atoms with van der Waals surface area (Å²) in [5.74, 6) is 0.225. The number of para-hydroxylation sites is 1. The van der Waals surface area contributed by atoms with Crippen molar-refractivity contribution in [1.29, 1.82) is 0 Å². The predicted octanol–water partition coefficient (Wildman–Crippen LogP) is 7.10. The molecule has 1 N–H and O–H groups in total. The first-order chi connectivity index (χ1) is 23.2. The number of ether oxygens (including phenoxy) is 1. The summed E-state index contributed by atoms with van der Waals surface area (Å²) >= 11 is 6.15. The van der Waals surface area contributed by atoms with Crippen molar-refractivity contribution in [1.82, 2.24) is 10.2 Å². The molecule has 5 aromatic carbocycles. The molecule has 0 radical (unpaired) electrons. The molecule has 10 heteroatoms. The van der Waals surface area contributed by atoms with Gasteiger partial charge in [0.2, 0.25) is 11.8 Å². The summed E-state index contributed by atoms with van der Waals surface area (Å²) in [5.41, 5.74) is 1.84. The van der Waals surface area contributed by atoms with Gasteiger partial charge in [-0.25, -0.2) is 8.42 Å². The molecule has 1 atom stereocenters. The Hall–Kier alpha value is -5.12. The fourth-order valence-corrected chi connectivity index (χ4v) is 6.75. The van der Waals surface area contributed by atoms with Crippen LogP contribution in [0.3, 0.4) is 0 Å². The second kappa shape index (κ2) is 16.1. The number of carbonyl (C=O) groups excluding carboxylic acids is 2. The minimum atomic E-state index is -4.22. The zero-order valence-electron chi connectivity index (χ0n) is 26.4. The van der Waals surface area contributed by atoms with E-state index in [-0.39, 0.29) is 29.5 Å². The summed E-state index contributed by atoms with van der Waals surface area (Å²) in [7, 11) is -4.22. The van der Waals surface area contributed by atoms with Crippen molar-refractivity contribution in [3.05, 3.63) is 156 Å². The maximum atomic E-state index is 14.5. The van der Waals surface area contributed by atoms with Gasteiger partial charge < -0.3 is 15.0 Å². The summed E-state index contributed by atoms with van der Waals surface area (Å²) in [6.07, 6.45) is 0.225. The van der Waals surface area contributed by atoms with Gasteiger partial charge in [-0.15, -0.1) is 0 Å². The first-order valence-electron chi connectivity index (χ1n) is 15.5. The molecule has 0 unspecified atom stereocenters. The molecule has 0 aliphatic rings. The Morgan fingerprint density at radius 3 is 1.90 bits per heavy atom. The van der Waals surface area contributed by atoms with Crippen LogP contribution in [0.2, 0.25) is 5.02 Å². The molecule has 48 heavy (non-hydrogen) atoms. The van der Waals surface area contributed by atoms with Crippen molar-refractivity contribution < 1.29 is 22.7 Å². The molecule has 0 fully saturated rings. The topological polar surface area (TPSA) is 96.0 Å². The zero-order valence-corrected chi connectivity index (χ0v) is 28.0. The van der Waals surface area contributed by atoms with Gasteiger partial charge in [0.25, 0.3) is 10.0 Å². The van der Waals surface area contributed by atoms with Crippen LogP contribution in [0, 0.1) is 0 Å². The van der Waals surface area contributed by atoms with Gasteiger partial charge in [-0.2, -0.15) is 0 Å². The van der Waals surface area contributed by atoms with E-state index in [4.69, 9.17) is 16.3 Å². The van der Waals surface area contributed by atoms with Crippen LogP contribution in [0.4, 0.5) is 5.69 Å². The van der Waals surface area contributed by atoms with Gasteiger partial charge in [-0.05, 0) is 78.7 Å². The molecule has 0 aromatic heterocycles. The number of likely N-dealkylation sites (N-methyl/N-ethyl adjacent to an activating group) is 1. The Kier molecular flexibility index (Phi) is 11.5. The smallest absolute Gasteiger partial charge is 0.264 e. The second-order valence-corrected chi connectivity index (χ2v) is 13.3. The molecule has 2 amide bonds. The number of halogens is 1. The normalized spacial score (nSPS) is 11.7. The summed E-state index contributed by atoms with van der Waals surface area (Å²) in [6.45, 7) is 1.66. The summed E-state index contributed by atoms with van der Waals surface area (Å²) in [6, 6.07) is 39.1. The molecule has 0 spiro atoms. The van der Waals surface area contributed by atoms with Gasteiger partial charge >= 0.3 is 0 Å². The number of hydrogen-bond acceptors (Lipinski definition) is 5. The van der Waals surface area contributed by atoms with Crippen LogP contribution in [0.1, 0.15) is 18.1 Å². The number of amides is 2. The van der Waals surface area contributed by atoms with E-state index in [2.05, 4.69) is 5.32 Å². The highest BCUT2D eigenvalue weighted by atomic mass is 35.5. The fraction of sp³-hybridized carbons (Fsp3) is 0.158. The first-order valence-corrected chi connectivity index (χ1v) is 17.3. The first kappa shape index (κ1) is 34.2. The minimum Gasteiger partial charge on any atom is -0.457 e. The number of benzene rings is 5. The van der Waals surface area contributed by atoms with Gasteiger partial charge in [0, 0.05) is 24.5 Å². The molecule has 0 aliphatic carbocycles. The number of sulfonamides is 1. The van der Waals surface area contributed by atoms with Gasteiger partial charge in [0.15, 0.2) is 0 Å². The van der Waals surface area contributed by atoms with E-state index >= 15 is 0 Å². The van der Waals surface area contributed by atoms with Gasteiger partial charge in [0.05, 0.1) is 10.6 Å². The number of rotatable bonds is 14. The molecule has 8 nitrogen and oxygen atoms in total. The maximum Gasteiger partial charge on any atom is 0.264 e. The van der Waals surface area contributed by atoms with Crippen LogP contribution in [-0.4, -0.2) is 44.3 Å². The number of nitrogens with one attached hydrogen (secondary N) is 1. The van der Waals surface area contributed by atoms with E-state index in [1.807, 2.05) is 67.6 Å². The molecule has 5 rings (SSSR count). The molecule has 0 bridgehead atoms. The largest absolute Gasteiger partial charge is 0.457 e. The van der Waals surface area contributed by atoms with E-state index in [0.29, 0.717) is 23.1 Å². The Morgan fingerprint density at radius 2 is 1.29 bits per heavy atom. The third kappa shape index (κ3) is 8.82. The zero-order chi connectivity index (χ0) is 33.9. The second-order valence-electron chi connectivity index (χ2n) is 11.0. The van der Waals surface area contributed by atoms with Crippen LogP contribution in [0.15, 0.2) is 144 Å². The third-order valence-corrected chi connectivity index (χ3v) is 9.64. The van der Waals surface area contributed by atoms with Crippen molar-refractivity contribution in [2.75, 3.05) is 17.4 Å². The quantitative estimate of drug-likeness (QED) is 0.135. The lowest BCUT2D eigenvalue weighted by molar-refractivity contribution is -0.140. The average Bonchev–Trinajstić information content (AvgIpc) is 3.11. The molecule has 246 valence electrons. The Morgan fingerprint density at radius 1 is 0.729 bits per heavy atom. The SMILES string of the molecule is CCNC(=O)[C@@H](Cc1ccccc1)N(Cc1ccc(Cl)cc1)C(=O)CN(c1ccc(Oc2ccccc2)cc1)S(=O)(=O)c1ccccc1. The van der Waals surface area contributed by atoms with E-state index < -0.39 is 28.5 Å². The standard InChI is InChI=1S/C38H36ClN3O5S/c1-2-40-38(44)36(26-29-12-6-3-7-13-29)41(27-30-18-20-31(39)21-19-30)37(43)28-42(48(45,46)35-16-10-5-11-17-35)32-22-24-34(25-23-32)47-33-14-8-4-9-15-33/h3-25,36H,2,26-28H2,1H3,(H,40,44)/t36-/m1/s1. The highest BCUT2D eigenvalue weighted by Gasteiger charge is 2.34. The van der Waals surface area contributed by atoms with Crippen molar-refractivity contribution in [3.63, 3.8) is 0 Å². The monoisotopic (exact) mass is 681 g/mol. The van der Waals surface area contributed by atoms with Gasteiger partial charge in [0.1, 0.15) is 24.1 Å². The lowest BCUT2D eigenvalue weighted by Gasteiger charge is -2.33. The average molecular weight is 682 g/mol. The minimum absolute atomic E-state index is 0.0243. The summed E-state index contributed by atoms with van der Waals surface area (Å²) in [5, 5.41) is 3.39. The Bertz CT molecular complexity index is 1890. The van der Waals surface area contributed by atoms with Crippen molar-refractivity contribution in [3.8, 4) is 11.5 Å². The number of carbonyl (C=O) groups is 2. The van der Waals surface area contributed by atoms with E-state index in [1.165, 1.54) is 17.0 Å². The maximum absolute atomic E-state index is 14.5. The molecule has 5 aromatic rings. The lowest BCUT2D eigenvalue weighted by Crippen LogP contribution is -2.53. The highest BCUT2D eigenvalue weighted by molar-refractivity contribution is 7.92. The molecule has 0 heterocycles. The van der Waals surface area contributed by atoms with Crippen LogP contribution >= 0.6 is 11.6 Å². The number of anilines is 1. The molecular formula is C38H36ClN3O5S. The summed E-state index contributed by atoms with van der Waals surface area (Å²) < 4.78 is 35.4. The molecule has 0 saturated carbocycles. The Balaban J connectivity index is 1.53. The lowest BCUT2D eigenvalue weighted by atomic mass is 10.0. The van der Waals surface area contributed by atoms with Crippen LogP contribution in [0.5, 0.6) is 11.5 Å². The third-order valence-electron chi connectivity index (χ3n) is 7.60. The van der Waals surface area contributed by atoms with Gasteiger partial charge in [-0.3, -0.25) is 13.9 Å². The highest BCUT2D eigenvalue weighted by Crippen LogP contribution is 2.29. The van der Waals surface area contributed by atoms with Crippen LogP contribution in [0.25, 0.3) is 0 Å². The number of nitrogens with zero attached hydrogens (tertiary/aromatic N) is 2. The van der Waals surface area contributed by atoms with Crippen molar-refractivity contribution in [2.45, 2.75) is 30.8 Å². The fourth-order valence-electron chi connectivity index (χ4n) is 5.19. The van der Waals surface area contributed by atoms with E-state index in [9.17, 15) is 18.0 Å². The van der Waals surface area contributed by atoms with E-state index in [0.717, 1.165) is 15.4 Å². The van der Waals surface area contributed by atoms with Crippen LogP contribution in [-0.2, 0) is 32.6 Å². The predicted molar refractivity (Wildman–Crippen MR) is 189 cm³/mol. The van der Waals surface area contributed by atoms with Crippen LogP contribution < -0.4 is 14.4 Å². The van der Waals surface area contributed by atoms with Gasteiger partial charge in [-0.1, -0.05) is 90.5 Å². The molecule has 0 aliphatic heterocycles. The van der Waals surface area contributed by atoms with Crippen molar-refractivity contribution >= 4 is 39.1 Å².